The van der Waals surface area contributed by atoms with Crippen LogP contribution in [0.3, 0.4) is 0 Å². The van der Waals surface area contributed by atoms with Gasteiger partial charge in [0.15, 0.2) is 11.6 Å². The maximum absolute atomic E-state index is 14.4. The number of aliphatic hydroxyl groups is 1. The van der Waals surface area contributed by atoms with E-state index in [9.17, 15) is 40.2 Å². The van der Waals surface area contributed by atoms with Crippen LogP contribution in [0, 0.1) is 28.9 Å². The zero-order valence-corrected chi connectivity index (χ0v) is 27.0. The van der Waals surface area contributed by atoms with Gasteiger partial charge in [-0.2, -0.15) is 31.1 Å². The molecule has 1 saturated heterocycles. The SMILES string of the molecule is Cn1nnc(N(CC2=CC(C(F)(F)F)=CC(C)(C(F)(F)F)C2)Cc2cc3cc(F)c(F)cc3nc2N2CCC[C@@H]2C2CCC(CO)CC2)n1. The molecule has 0 radical (unpaired) electrons. The number of anilines is 2. The fourth-order valence-electron chi connectivity index (χ4n) is 7.54. The summed E-state index contributed by atoms with van der Waals surface area (Å²) in [6.07, 6.45) is -4.53. The lowest BCUT2D eigenvalue weighted by Gasteiger charge is -2.38. The number of nitrogens with zero attached hydrogens (tertiary/aromatic N) is 7. The van der Waals surface area contributed by atoms with Crippen LogP contribution in [0.1, 0.15) is 57.4 Å². The number of rotatable bonds is 8. The predicted molar refractivity (Wildman–Crippen MR) is 165 cm³/mol. The first-order valence-corrected chi connectivity index (χ1v) is 16.3. The quantitative estimate of drug-likeness (QED) is 0.249. The molecule has 0 bridgehead atoms. The molecule has 266 valence electrons. The van der Waals surface area contributed by atoms with Crippen molar-refractivity contribution in [2.24, 2.45) is 24.3 Å². The van der Waals surface area contributed by atoms with Gasteiger partial charge in [0.1, 0.15) is 5.82 Å². The number of benzene rings is 1. The molecule has 3 aliphatic rings. The van der Waals surface area contributed by atoms with E-state index in [-0.39, 0.29) is 53.6 Å². The third-order valence-electron chi connectivity index (χ3n) is 10.1. The summed E-state index contributed by atoms with van der Waals surface area (Å²) in [5, 5.41) is 22.0. The molecule has 2 atom stereocenters. The maximum atomic E-state index is 14.4. The summed E-state index contributed by atoms with van der Waals surface area (Å²) in [6.45, 7) is 0.934. The highest BCUT2D eigenvalue weighted by Crippen LogP contribution is 2.49. The highest BCUT2D eigenvalue weighted by Gasteiger charge is 2.53. The lowest BCUT2D eigenvalue weighted by atomic mass is 9.76. The Morgan fingerprint density at radius 3 is 2.33 bits per heavy atom. The summed E-state index contributed by atoms with van der Waals surface area (Å²) in [7, 11) is 1.47. The van der Waals surface area contributed by atoms with Gasteiger partial charge < -0.3 is 14.9 Å². The van der Waals surface area contributed by atoms with Crippen LogP contribution in [-0.4, -0.2) is 68.4 Å². The van der Waals surface area contributed by atoms with Gasteiger partial charge in [0.2, 0.25) is 0 Å². The summed E-state index contributed by atoms with van der Waals surface area (Å²) in [5.41, 5.74) is -3.64. The molecule has 1 aliphatic heterocycles. The number of allylic oxidation sites excluding steroid dienone is 3. The fourth-order valence-corrected chi connectivity index (χ4v) is 7.54. The molecule has 1 aromatic carbocycles. The van der Waals surface area contributed by atoms with Crippen LogP contribution in [0.5, 0.6) is 0 Å². The number of hydrogen-bond donors (Lipinski definition) is 1. The van der Waals surface area contributed by atoms with Crippen LogP contribution in [0.25, 0.3) is 10.9 Å². The number of hydrogen-bond acceptors (Lipinski definition) is 7. The van der Waals surface area contributed by atoms with Crippen LogP contribution in [0.15, 0.2) is 41.5 Å². The highest BCUT2D eigenvalue weighted by atomic mass is 19.4. The van der Waals surface area contributed by atoms with Crippen molar-refractivity contribution in [1.29, 1.82) is 0 Å². The maximum Gasteiger partial charge on any atom is 0.416 e. The first kappa shape index (κ1) is 35.0. The zero-order chi connectivity index (χ0) is 35.3. The second kappa shape index (κ2) is 13.1. The average molecular weight is 700 g/mol. The molecule has 3 heterocycles. The minimum atomic E-state index is -5.02. The summed E-state index contributed by atoms with van der Waals surface area (Å²) in [6, 6.07) is 3.70. The fraction of sp³-hybridized carbons (Fsp3) is 0.576. The summed E-state index contributed by atoms with van der Waals surface area (Å²) >= 11 is 0. The lowest BCUT2D eigenvalue weighted by Crippen LogP contribution is -2.40. The molecule has 6 rings (SSSR count). The van der Waals surface area contributed by atoms with Crippen LogP contribution in [0.2, 0.25) is 0 Å². The molecule has 0 spiro atoms. The van der Waals surface area contributed by atoms with Crippen molar-refractivity contribution in [1.82, 2.24) is 25.2 Å². The van der Waals surface area contributed by atoms with E-state index in [1.54, 1.807) is 6.07 Å². The highest BCUT2D eigenvalue weighted by molar-refractivity contribution is 5.82. The average Bonchev–Trinajstić information content (AvgIpc) is 3.70. The van der Waals surface area contributed by atoms with E-state index in [1.807, 2.05) is 0 Å². The van der Waals surface area contributed by atoms with Gasteiger partial charge in [0.05, 0.1) is 23.6 Å². The Labute approximate surface area is 277 Å². The van der Waals surface area contributed by atoms with Gasteiger partial charge in [-0.25, -0.2) is 13.8 Å². The van der Waals surface area contributed by atoms with Gasteiger partial charge in [-0.15, -0.1) is 5.10 Å². The topological polar surface area (TPSA) is 83.2 Å². The van der Waals surface area contributed by atoms with E-state index >= 15 is 0 Å². The first-order valence-electron chi connectivity index (χ1n) is 16.3. The second-order valence-electron chi connectivity index (χ2n) is 13.7. The van der Waals surface area contributed by atoms with Gasteiger partial charge >= 0.3 is 12.4 Å². The Morgan fingerprint density at radius 2 is 1.69 bits per heavy atom. The van der Waals surface area contributed by atoms with Gasteiger partial charge in [-0.05, 0) is 92.7 Å². The van der Waals surface area contributed by atoms with E-state index in [1.165, 1.54) is 11.9 Å². The van der Waals surface area contributed by atoms with E-state index in [2.05, 4.69) is 20.3 Å². The first-order chi connectivity index (χ1) is 23.0. The van der Waals surface area contributed by atoms with Crippen molar-refractivity contribution in [2.45, 2.75) is 76.8 Å². The molecule has 2 aliphatic carbocycles. The van der Waals surface area contributed by atoms with Gasteiger partial charge in [-0.3, -0.25) is 0 Å². The molecular formula is C33H37F8N7O. The van der Waals surface area contributed by atoms with Crippen molar-refractivity contribution >= 4 is 22.7 Å². The molecule has 8 nitrogen and oxygen atoms in total. The van der Waals surface area contributed by atoms with Crippen molar-refractivity contribution < 1.29 is 40.2 Å². The molecule has 1 unspecified atom stereocenters. The monoisotopic (exact) mass is 699 g/mol. The number of halogens is 8. The molecule has 0 amide bonds. The lowest BCUT2D eigenvalue weighted by molar-refractivity contribution is -0.201. The van der Waals surface area contributed by atoms with Gasteiger partial charge in [0, 0.05) is 49.3 Å². The molecule has 2 fully saturated rings. The van der Waals surface area contributed by atoms with Crippen LogP contribution in [0.4, 0.5) is 46.9 Å². The van der Waals surface area contributed by atoms with Crippen molar-refractivity contribution in [3.63, 3.8) is 0 Å². The third-order valence-corrected chi connectivity index (χ3v) is 10.1. The number of aryl methyl sites for hydroxylation is 1. The largest absolute Gasteiger partial charge is 0.416 e. The Balaban J connectivity index is 1.41. The predicted octanol–water partition coefficient (Wildman–Crippen LogP) is 7.20. The van der Waals surface area contributed by atoms with E-state index in [4.69, 9.17) is 4.98 Å². The molecule has 3 aromatic rings. The number of aromatic nitrogens is 5. The number of fused-ring (bicyclic) bond motifs is 1. The van der Waals surface area contributed by atoms with Gasteiger partial charge in [0.25, 0.3) is 5.95 Å². The summed E-state index contributed by atoms with van der Waals surface area (Å²) < 4.78 is 113. The summed E-state index contributed by atoms with van der Waals surface area (Å²) in [5.74, 6) is -1.21. The Morgan fingerprint density at radius 1 is 0.980 bits per heavy atom. The van der Waals surface area contributed by atoms with E-state index < -0.39 is 47.9 Å². The molecule has 1 saturated carbocycles. The molecule has 1 N–H and O–H groups in total. The number of aliphatic hydroxyl groups excluding tert-OH is 1. The molecule has 16 heteroatoms. The van der Waals surface area contributed by atoms with E-state index in [0.29, 0.717) is 23.8 Å². The molecule has 2 aromatic heterocycles. The van der Waals surface area contributed by atoms with Crippen molar-refractivity contribution in [3.05, 3.63) is 58.7 Å². The number of pyridine rings is 1. The molecular weight excluding hydrogens is 662 g/mol. The van der Waals surface area contributed by atoms with Crippen LogP contribution >= 0.6 is 0 Å². The van der Waals surface area contributed by atoms with Gasteiger partial charge in [-0.1, -0.05) is 11.2 Å². The smallest absolute Gasteiger partial charge is 0.396 e. The van der Waals surface area contributed by atoms with Crippen molar-refractivity contribution in [2.75, 3.05) is 29.5 Å². The third kappa shape index (κ3) is 7.24. The van der Waals surface area contributed by atoms with Crippen molar-refractivity contribution in [3.8, 4) is 0 Å². The number of tetrazole rings is 1. The van der Waals surface area contributed by atoms with E-state index in [0.717, 1.165) is 68.5 Å². The second-order valence-corrected chi connectivity index (χ2v) is 13.7. The minimum absolute atomic E-state index is 0.0446. The van der Waals surface area contributed by atoms with Crippen LogP contribution in [-0.2, 0) is 13.6 Å². The normalized spacial score (nSPS) is 25.1. The van der Waals surface area contributed by atoms with Crippen LogP contribution < -0.4 is 9.80 Å². The minimum Gasteiger partial charge on any atom is -0.396 e. The Bertz CT molecular complexity index is 1740. The summed E-state index contributed by atoms with van der Waals surface area (Å²) in [4.78, 5) is 9.49. The Kier molecular flexibility index (Phi) is 9.39. The Hall–Kier alpha value is -3.82. The zero-order valence-electron chi connectivity index (χ0n) is 27.0. The molecule has 49 heavy (non-hydrogen) atoms. The standard InChI is InChI=1S/C33H37F8N7O/c1-31(33(39,40)41)14-20(10-24(15-31)32(36,37)38)16-47(30-43-45-46(2)44-30)17-23-11-22-12-25(34)26(35)13-27(22)42-29(23)48-9-3-4-28(48)21-7-5-19(18-49)6-8-21/h10-13,15,19,21,28,49H,3-9,14,16-18H2,1-2H3/t19?,21?,28-,31?/m1/s1. The number of alkyl halides is 6.